The van der Waals surface area contributed by atoms with Gasteiger partial charge in [0.25, 0.3) is 0 Å². The second kappa shape index (κ2) is 11.0. The van der Waals surface area contributed by atoms with Gasteiger partial charge in [-0.2, -0.15) is 0 Å². The minimum atomic E-state index is 0.708. The van der Waals surface area contributed by atoms with Crippen LogP contribution < -0.4 is 0 Å². The predicted molar refractivity (Wildman–Crippen MR) is 97.5 cm³/mol. The third-order valence-corrected chi connectivity index (χ3v) is 5.84. The maximum atomic E-state index is 5.75. The van der Waals surface area contributed by atoms with Crippen molar-refractivity contribution < 1.29 is 9.47 Å². The standard InChI is InChI=1S/C21H36O2/c1-3-5-15-23-17-19-8-12-21(13-9-19)20-10-6-18(7-11-20)16-22-14-4-2/h3-5,18-21H,2,6-17H2,1H3. The van der Waals surface area contributed by atoms with Crippen LogP contribution in [0.4, 0.5) is 0 Å². The van der Waals surface area contributed by atoms with Gasteiger partial charge in [-0.25, -0.2) is 0 Å². The largest absolute Gasteiger partial charge is 0.377 e. The van der Waals surface area contributed by atoms with Crippen molar-refractivity contribution in [3.05, 3.63) is 24.8 Å². The van der Waals surface area contributed by atoms with Crippen molar-refractivity contribution in [2.24, 2.45) is 23.7 Å². The van der Waals surface area contributed by atoms with Crippen LogP contribution in [0.2, 0.25) is 0 Å². The Kier molecular flexibility index (Phi) is 8.99. The van der Waals surface area contributed by atoms with Crippen LogP contribution >= 0.6 is 0 Å². The quantitative estimate of drug-likeness (QED) is 0.418. The zero-order valence-corrected chi connectivity index (χ0v) is 15.1. The second-order valence-corrected chi connectivity index (χ2v) is 7.49. The third kappa shape index (κ3) is 6.81. The van der Waals surface area contributed by atoms with Crippen molar-refractivity contribution in [1.29, 1.82) is 0 Å². The molecule has 0 aliphatic heterocycles. The lowest BCUT2D eigenvalue weighted by molar-refractivity contribution is 0.0630. The van der Waals surface area contributed by atoms with Gasteiger partial charge in [0.15, 0.2) is 0 Å². The van der Waals surface area contributed by atoms with Crippen LogP contribution in [0, 0.1) is 23.7 Å². The monoisotopic (exact) mass is 320 g/mol. The van der Waals surface area contributed by atoms with E-state index in [9.17, 15) is 0 Å². The summed E-state index contributed by atoms with van der Waals surface area (Å²) in [7, 11) is 0. The third-order valence-electron chi connectivity index (χ3n) is 5.84. The first-order valence-electron chi connectivity index (χ1n) is 9.71. The molecule has 0 N–H and O–H groups in total. The molecule has 0 unspecified atom stereocenters. The van der Waals surface area contributed by atoms with Gasteiger partial charge < -0.3 is 9.47 Å². The normalized spacial score (nSPS) is 32.2. The van der Waals surface area contributed by atoms with Crippen LogP contribution in [0.1, 0.15) is 58.3 Å². The molecular formula is C21H36O2. The first-order valence-corrected chi connectivity index (χ1v) is 9.71. The highest BCUT2D eigenvalue weighted by molar-refractivity contribution is 4.82. The van der Waals surface area contributed by atoms with E-state index in [-0.39, 0.29) is 0 Å². The summed E-state index contributed by atoms with van der Waals surface area (Å²) in [5.41, 5.74) is 0. The maximum absolute atomic E-state index is 5.75. The molecule has 0 spiro atoms. The molecule has 2 aliphatic carbocycles. The Balaban J connectivity index is 1.58. The molecule has 2 nitrogen and oxygen atoms in total. The van der Waals surface area contributed by atoms with Crippen molar-refractivity contribution in [1.82, 2.24) is 0 Å². The smallest absolute Gasteiger partial charge is 0.0647 e. The summed E-state index contributed by atoms with van der Waals surface area (Å²) in [6.45, 7) is 9.16. The summed E-state index contributed by atoms with van der Waals surface area (Å²) in [5.74, 6) is 3.56. The summed E-state index contributed by atoms with van der Waals surface area (Å²) in [6, 6.07) is 0. The van der Waals surface area contributed by atoms with E-state index in [1.54, 1.807) is 0 Å². The number of hydrogen-bond donors (Lipinski definition) is 0. The SMILES string of the molecule is C=CCOCC1CCC(C2CCC(COCC=CC)CC2)CC1. The maximum Gasteiger partial charge on any atom is 0.0647 e. The van der Waals surface area contributed by atoms with Crippen LogP contribution in [0.25, 0.3) is 0 Å². The van der Waals surface area contributed by atoms with Gasteiger partial charge in [-0.3, -0.25) is 0 Å². The zero-order valence-electron chi connectivity index (χ0n) is 15.1. The van der Waals surface area contributed by atoms with Crippen LogP contribution in [0.15, 0.2) is 24.8 Å². The zero-order chi connectivity index (χ0) is 16.3. The van der Waals surface area contributed by atoms with E-state index in [0.717, 1.165) is 43.5 Å². The minimum absolute atomic E-state index is 0.708. The highest BCUT2D eigenvalue weighted by atomic mass is 16.5. The van der Waals surface area contributed by atoms with E-state index in [0.29, 0.717) is 6.61 Å². The topological polar surface area (TPSA) is 18.5 Å². The van der Waals surface area contributed by atoms with Crippen LogP contribution in [-0.2, 0) is 9.47 Å². The van der Waals surface area contributed by atoms with Gasteiger partial charge in [0, 0.05) is 13.2 Å². The number of hydrogen-bond acceptors (Lipinski definition) is 2. The molecule has 2 fully saturated rings. The Labute approximate surface area is 143 Å². The Morgan fingerprint density at radius 2 is 1.26 bits per heavy atom. The van der Waals surface area contributed by atoms with E-state index < -0.39 is 0 Å². The van der Waals surface area contributed by atoms with E-state index >= 15 is 0 Å². The van der Waals surface area contributed by atoms with Crippen molar-refractivity contribution in [2.75, 3.05) is 26.4 Å². The number of ether oxygens (including phenoxy) is 2. The summed E-state index contributed by atoms with van der Waals surface area (Å²) in [4.78, 5) is 0. The van der Waals surface area contributed by atoms with Gasteiger partial charge in [0.2, 0.25) is 0 Å². The van der Waals surface area contributed by atoms with Gasteiger partial charge in [0.1, 0.15) is 0 Å². The molecule has 0 bridgehead atoms. The molecule has 2 aliphatic rings. The first-order chi connectivity index (χ1) is 11.3. The molecule has 0 aromatic heterocycles. The van der Waals surface area contributed by atoms with E-state index in [4.69, 9.17) is 9.47 Å². The molecule has 2 rings (SSSR count). The summed E-state index contributed by atoms with van der Waals surface area (Å²) in [6.07, 6.45) is 17.2. The summed E-state index contributed by atoms with van der Waals surface area (Å²) < 4.78 is 11.4. The summed E-state index contributed by atoms with van der Waals surface area (Å²) in [5, 5.41) is 0. The molecular weight excluding hydrogens is 284 g/mol. The fourth-order valence-electron chi connectivity index (χ4n) is 4.37. The molecule has 0 heterocycles. The lowest BCUT2D eigenvalue weighted by Crippen LogP contribution is -2.28. The van der Waals surface area contributed by atoms with Crippen LogP contribution in [-0.4, -0.2) is 26.4 Å². The molecule has 132 valence electrons. The van der Waals surface area contributed by atoms with Crippen molar-refractivity contribution >= 4 is 0 Å². The summed E-state index contributed by atoms with van der Waals surface area (Å²) >= 11 is 0. The number of allylic oxidation sites excluding steroid dienone is 1. The van der Waals surface area contributed by atoms with E-state index in [1.807, 2.05) is 6.08 Å². The van der Waals surface area contributed by atoms with Crippen LogP contribution in [0.3, 0.4) is 0 Å². The van der Waals surface area contributed by atoms with Crippen LogP contribution in [0.5, 0.6) is 0 Å². The fraction of sp³-hybridized carbons (Fsp3) is 0.810. The average Bonchev–Trinajstić information content (AvgIpc) is 2.60. The highest BCUT2D eigenvalue weighted by Gasteiger charge is 2.30. The Morgan fingerprint density at radius 1 is 0.783 bits per heavy atom. The van der Waals surface area contributed by atoms with Crippen molar-refractivity contribution in [3.8, 4) is 0 Å². The molecule has 0 radical (unpaired) electrons. The lowest BCUT2D eigenvalue weighted by Gasteiger charge is -2.37. The molecule has 2 saturated carbocycles. The molecule has 0 atom stereocenters. The molecule has 2 heteroatoms. The first kappa shape index (κ1) is 18.7. The van der Waals surface area contributed by atoms with Gasteiger partial charge in [0.05, 0.1) is 13.2 Å². The Bertz CT molecular complexity index is 334. The molecule has 0 amide bonds. The second-order valence-electron chi connectivity index (χ2n) is 7.49. The van der Waals surface area contributed by atoms with E-state index in [1.165, 1.54) is 51.4 Å². The van der Waals surface area contributed by atoms with Gasteiger partial charge in [-0.05, 0) is 82.0 Å². The minimum Gasteiger partial charge on any atom is -0.377 e. The van der Waals surface area contributed by atoms with Gasteiger partial charge in [-0.1, -0.05) is 18.2 Å². The number of rotatable bonds is 9. The highest BCUT2D eigenvalue weighted by Crippen LogP contribution is 2.41. The Morgan fingerprint density at radius 3 is 1.70 bits per heavy atom. The van der Waals surface area contributed by atoms with Gasteiger partial charge in [-0.15, -0.1) is 6.58 Å². The van der Waals surface area contributed by atoms with E-state index in [2.05, 4.69) is 25.7 Å². The molecule has 23 heavy (non-hydrogen) atoms. The predicted octanol–water partition coefficient (Wildman–Crippen LogP) is 5.39. The average molecular weight is 321 g/mol. The molecule has 0 aromatic rings. The molecule has 0 saturated heterocycles. The van der Waals surface area contributed by atoms with Crippen molar-refractivity contribution in [3.63, 3.8) is 0 Å². The molecule has 0 aromatic carbocycles. The lowest BCUT2D eigenvalue weighted by atomic mass is 9.69. The van der Waals surface area contributed by atoms with Gasteiger partial charge >= 0.3 is 0 Å². The van der Waals surface area contributed by atoms with Crippen molar-refractivity contribution in [2.45, 2.75) is 58.3 Å². The fourth-order valence-corrected chi connectivity index (χ4v) is 4.37. The Hall–Kier alpha value is -0.600.